The van der Waals surface area contributed by atoms with E-state index < -0.39 is 0 Å². The zero-order valence-electron chi connectivity index (χ0n) is 10.3. The maximum atomic E-state index is 3.74. The standard InChI is InChI=1S/C13H27N/c1-10(2)9-12-7-5-6-8-13(12)14-11(3)4/h10-14H,5-9H2,1-4H3/t12-,13+/m0/s1. The highest BCUT2D eigenvalue weighted by molar-refractivity contribution is 4.82. The Morgan fingerprint density at radius 2 is 1.71 bits per heavy atom. The fourth-order valence-electron chi connectivity index (χ4n) is 2.74. The Labute approximate surface area is 89.7 Å². The van der Waals surface area contributed by atoms with E-state index in [1.54, 1.807) is 0 Å². The van der Waals surface area contributed by atoms with Gasteiger partial charge >= 0.3 is 0 Å². The molecule has 0 saturated heterocycles. The normalized spacial score (nSPS) is 28.7. The molecule has 0 bridgehead atoms. The lowest BCUT2D eigenvalue weighted by Gasteiger charge is -2.34. The summed E-state index contributed by atoms with van der Waals surface area (Å²) in [5.41, 5.74) is 0. The minimum Gasteiger partial charge on any atom is -0.312 e. The molecular formula is C13H27N. The second-order valence-electron chi connectivity index (χ2n) is 5.60. The summed E-state index contributed by atoms with van der Waals surface area (Å²) >= 11 is 0. The van der Waals surface area contributed by atoms with Crippen molar-refractivity contribution in [3.8, 4) is 0 Å². The number of rotatable bonds is 4. The molecule has 1 aliphatic carbocycles. The van der Waals surface area contributed by atoms with Crippen molar-refractivity contribution in [2.24, 2.45) is 11.8 Å². The summed E-state index contributed by atoms with van der Waals surface area (Å²) in [4.78, 5) is 0. The first kappa shape index (κ1) is 12.0. The molecule has 1 rings (SSSR count). The highest BCUT2D eigenvalue weighted by atomic mass is 14.9. The van der Waals surface area contributed by atoms with Gasteiger partial charge < -0.3 is 5.32 Å². The summed E-state index contributed by atoms with van der Waals surface area (Å²) in [5.74, 6) is 1.79. The molecule has 0 radical (unpaired) electrons. The van der Waals surface area contributed by atoms with E-state index in [2.05, 4.69) is 33.0 Å². The number of hydrogen-bond acceptors (Lipinski definition) is 1. The molecule has 0 aromatic rings. The lowest BCUT2D eigenvalue weighted by molar-refractivity contribution is 0.219. The van der Waals surface area contributed by atoms with Gasteiger partial charge in [0.1, 0.15) is 0 Å². The van der Waals surface area contributed by atoms with Gasteiger partial charge in [-0.15, -0.1) is 0 Å². The molecule has 14 heavy (non-hydrogen) atoms. The van der Waals surface area contributed by atoms with Crippen LogP contribution in [-0.2, 0) is 0 Å². The summed E-state index contributed by atoms with van der Waals surface area (Å²) in [7, 11) is 0. The predicted molar refractivity (Wildman–Crippen MR) is 63.5 cm³/mol. The second-order valence-corrected chi connectivity index (χ2v) is 5.60. The van der Waals surface area contributed by atoms with E-state index in [0.29, 0.717) is 6.04 Å². The summed E-state index contributed by atoms with van der Waals surface area (Å²) in [6.07, 6.45) is 7.13. The molecule has 1 fully saturated rings. The minimum absolute atomic E-state index is 0.646. The number of hydrogen-bond donors (Lipinski definition) is 1. The molecule has 1 aliphatic rings. The molecule has 1 nitrogen and oxygen atoms in total. The number of nitrogens with one attached hydrogen (secondary N) is 1. The van der Waals surface area contributed by atoms with Gasteiger partial charge in [-0.25, -0.2) is 0 Å². The first-order chi connectivity index (χ1) is 6.59. The Kier molecular flexibility index (Phi) is 4.94. The smallest absolute Gasteiger partial charge is 0.00977 e. The molecule has 0 aliphatic heterocycles. The van der Waals surface area contributed by atoms with Crippen LogP contribution in [0.15, 0.2) is 0 Å². The molecule has 0 spiro atoms. The lowest BCUT2D eigenvalue weighted by atomic mass is 9.79. The van der Waals surface area contributed by atoms with Crippen LogP contribution in [0.2, 0.25) is 0 Å². The first-order valence-corrected chi connectivity index (χ1v) is 6.35. The van der Waals surface area contributed by atoms with E-state index in [4.69, 9.17) is 0 Å². The molecule has 84 valence electrons. The van der Waals surface area contributed by atoms with Crippen molar-refractivity contribution >= 4 is 0 Å². The third-order valence-electron chi connectivity index (χ3n) is 3.23. The van der Waals surface area contributed by atoms with Gasteiger partial charge in [-0.05, 0) is 31.1 Å². The Hall–Kier alpha value is -0.0400. The van der Waals surface area contributed by atoms with E-state index in [1.165, 1.54) is 32.1 Å². The van der Waals surface area contributed by atoms with Crippen LogP contribution in [0.5, 0.6) is 0 Å². The minimum atomic E-state index is 0.646. The Morgan fingerprint density at radius 3 is 2.29 bits per heavy atom. The zero-order chi connectivity index (χ0) is 10.6. The third kappa shape index (κ3) is 4.00. The SMILES string of the molecule is CC(C)C[C@@H]1CCCC[C@H]1NC(C)C. The molecule has 0 aromatic heterocycles. The van der Waals surface area contributed by atoms with E-state index in [-0.39, 0.29) is 0 Å². The van der Waals surface area contributed by atoms with Gasteiger partial charge in [0.05, 0.1) is 0 Å². The van der Waals surface area contributed by atoms with Crippen molar-refractivity contribution < 1.29 is 0 Å². The first-order valence-electron chi connectivity index (χ1n) is 6.35. The maximum Gasteiger partial charge on any atom is 0.00977 e. The Balaban J connectivity index is 2.41. The van der Waals surface area contributed by atoms with Crippen LogP contribution in [0.25, 0.3) is 0 Å². The van der Waals surface area contributed by atoms with E-state index in [0.717, 1.165) is 17.9 Å². The zero-order valence-corrected chi connectivity index (χ0v) is 10.3. The van der Waals surface area contributed by atoms with E-state index in [9.17, 15) is 0 Å². The van der Waals surface area contributed by atoms with E-state index in [1.807, 2.05) is 0 Å². The monoisotopic (exact) mass is 197 g/mol. The van der Waals surface area contributed by atoms with Gasteiger partial charge in [0.15, 0.2) is 0 Å². The Bertz CT molecular complexity index is 133. The van der Waals surface area contributed by atoms with Crippen molar-refractivity contribution in [1.82, 2.24) is 5.32 Å². The highest BCUT2D eigenvalue weighted by Crippen LogP contribution is 2.29. The summed E-state index contributed by atoms with van der Waals surface area (Å²) in [6.45, 7) is 9.23. The second kappa shape index (κ2) is 5.75. The van der Waals surface area contributed by atoms with Crippen molar-refractivity contribution in [2.75, 3.05) is 0 Å². The molecule has 1 saturated carbocycles. The van der Waals surface area contributed by atoms with Gasteiger partial charge in [0.2, 0.25) is 0 Å². The largest absolute Gasteiger partial charge is 0.312 e. The molecule has 0 unspecified atom stereocenters. The van der Waals surface area contributed by atoms with Crippen LogP contribution < -0.4 is 5.32 Å². The summed E-state index contributed by atoms with van der Waals surface area (Å²) in [5, 5.41) is 3.74. The van der Waals surface area contributed by atoms with Crippen LogP contribution in [0.3, 0.4) is 0 Å². The third-order valence-corrected chi connectivity index (χ3v) is 3.23. The topological polar surface area (TPSA) is 12.0 Å². The van der Waals surface area contributed by atoms with Crippen molar-refractivity contribution in [3.05, 3.63) is 0 Å². The van der Waals surface area contributed by atoms with Gasteiger partial charge in [-0.3, -0.25) is 0 Å². The van der Waals surface area contributed by atoms with Crippen LogP contribution in [0.4, 0.5) is 0 Å². The maximum absolute atomic E-state index is 3.74. The fourth-order valence-corrected chi connectivity index (χ4v) is 2.74. The highest BCUT2D eigenvalue weighted by Gasteiger charge is 2.25. The quantitative estimate of drug-likeness (QED) is 0.726. The summed E-state index contributed by atoms with van der Waals surface area (Å²) in [6, 6.07) is 1.44. The van der Waals surface area contributed by atoms with E-state index >= 15 is 0 Å². The van der Waals surface area contributed by atoms with Crippen LogP contribution in [0.1, 0.15) is 59.8 Å². The van der Waals surface area contributed by atoms with Crippen LogP contribution >= 0.6 is 0 Å². The average molecular weight is 197 g/mol. The molecular weight excluding hydrogens is 170 g/mol. The van der Waals surface area contributed by atoms with Crippen molar-refractivity contribution in [3.63, 3.8) is 0 Å². The average Bonchev–Trinajstić information content (AvgIpc) is 2.06. The van der Waals surface area contributed by atoms with Crippen LogP contribution in [-0.4, -0.2) is 12.1 Å². The fraction of sp³-hybridized carbons (Fsp3) is 1.00. The Morgan fingerprint density at radius 1 is 1.07 bits per heavy atom. The molecule has 2 atom stereocenters. The van der Waals surface area contributed by atoms with Gasteiger partial charge in [0.25, 0.3) is 0 Å². The van der Waals surface area contributed by atoms with Gasteiger partial charge in [0, 0.05) is 12.1 Å². The lowest BCUT2D eigenvalue weighted by Crippen LogP contribution is -2.42. The molecule has 1 N–H and O–H groups in total. The molecule has 1 heteroatoms. The van der Waals surface area contributed by atoms with Gasteiger partial charge in [-0.1, -0.05) is 40.5 Å². The molecule has 0 aromatic carbocycles. The molecule has 0 amide bonds. The van der Waals surface area contributed by atoms with Crippen molar-refractivity contribution in [1.29, 1.82) is 0 Å². The van der Waals surface area contributed by atoms with Gasteiger partial charge in [-0.2, -0.15) is 0 Å². The summed E-state index contributed by atoms with van der Waals surface area (Å²) < 4.78 is 0. The van der Waals surface area contributed by atoms with Crippen molar-refractivity contribution in [2.45, 2.75) is 71.9 Å². The predicted octanol–water partition coefficient (Wildman–Crippen LogP) is 3.59. The molecule has 0 heterocycles. The van der Waals surface area contributed by atoms with Crippen LogP contribution in [0, 0.1) is 11.8 Å².